The summed E-state index contributed by atoms with van der Waals surface area (Å²) in [5.74, 6) is -2.28. The fourth-order valence-electron chi connectivity index (χ4n) is 2.42. The summed E-state index contributed by atoms with van der Waals surface area (Å²) >= 11 is 0. The van der Waals surface area contributed by atoms with Gasteiger partial charge in [0, 0.05) is 24.3 Å². The zero-order valence-electron chi connectivity index (χ0n) is 15.2. The molecule has 142 valence electrons. The van der Waals surface area contributed by atoms with E-state index in [4.69, 9.17) is 4.74 Å². The highest BCUT2D eigenvalue weighted by Gasteiger charge is 2.15. The highest BCUT2D eigenvalue weighted by molar-refractivity contribution is 5.97. The van der Waals surface area contributed by atoms with E-state index in [9.17, 15) is 18.8 Å². The molecule has 0 radical (unpaired) electrons. The number of halogens is 1. The Bertz CT molecular complexity index is 817. The number of anilines is 1. The number of hydrogen-bond acceptors (Lipinski definition) is 4. The number of benzene rings is 2. The number of carbonyl (C=O) groups excluding carboxylic acids is 3. The van der Waals surface area contributed by atoms with Crippen molar-refractivity contribution in [2.45, 2.75) is 13.8 Å². The SMILES string of the molecule is CCN(CC)C(=O)c1ccc(NC(=O)COC(=O)c2ccccc2F)cc1. The van der Waals surface area contributed by atoms with E-state index in [0.717, 1.165) is 6.07 Å². The maximum Gasteiger partial charge on any atom is 0.341 e. The molecule has 0 spiro atoms. The molecule has 2 aromatic rings. The van der Waals surface area contributed by atoms with Gasteiger partial charge in [-0.2, -0.15) is 0 Å². The zero-order chi connectivity index (χ0) is 19.8. The second-order valence-corrected chi connectivity index (χ2v) is 5.66. The van der Waals surface area contributed by atoms with E-state index >= 15 is 0 Å². The van der Waals surface area contributed by atoms with Gasteiger partial charge in [0.1, 0.15) is 5.82 Å². The van der Waals surface area contributed by atoms with E-state index in [0.29, 0.717) is 24.3 Å². The van der Waals surface area contributed by atoms with Gasteiger partial charge in [0.25, 0.3) is 11.8 Å². The second-order valence-electron chi connectivity index (χ2n) is 5.66. The molecule has 2 amide bonds. The number of nitrogens with zero attached hydrogens (tertiary/aromatic N) is 1. The molecule has 0 fully saturated rings. The van der Waals surface area contributed by atoms with Gasteiger partial charge in [-0.1, -0.05) is 12.1 Å². The molecular formula is C20H21FN2O4. The third-order valence-electron chi connectivity index (χ3n) is 3.89. The third-order valence-corrected chi connectivity index (χ3v) is 3.89. The second kappa shape index (κ2) is 9.47. The average Bonchev–Trinajstić information content (AvgIpc) is 2.68. The van der Waals surface area contributed by atoms with Crippen LogP contribution in [0.2, 0.25) is 0 Å². The van der Waals surface area contributed by atoms with E-state index in [-0.39, 0.29) is 11.5 Å². The molecule has 0 aliphatic heterocycles. The third kappa shape index (κ3) is 5.37. The van der Waals surface area contributed by atoms with Crippen molar-refractivity contribution in [3.05, 3.63) is 65.5 Å². The lowest BCUT2D eigenvalue weighted by Crippen LogP contribution is -2.30. The van der Waals surface area contributed by atoms with Gasteiger partial charge in [-0.3, -0.25) is 9.59 Å². The Morgan fingerprint density at radius 1 is 1.00 bits per heavy atom. The molecule has 0 bridgehead atoms. The van der Waals surface area contributed by atoms with Crippen molar-refractivity contribution in [3.8, 4) is 0 Å². The number of rotatable bonds is 7. The van der Waals surface area contributed by atoms with E-state index in [1.165, 1.54) is 18.2 Å². The van der Waals surface area contributed by atoms with Crippen LogP contribution in [0.25, 0.3) is 0 Å². The fraction of sp³-hybridized carbons (Fsp3) is 0.250. The summed E-state index contributed by atoms with van der Waals surface area (Å²) in [6.07, 6.45) is 0. The van der Waals surface area contributed by atoms with Crippen molar-refractivity contribution in [1.29, 1.82) is 0 Å². The molecule has 0 aliphatic carbocycles. The van der Waals surface area contributed by atoms with E-state index in [2.05, 4.69) is 5.32 Å². The molecular weight excluding hydrogens is 351 g/mol. The first-order valence-electron chi connectivity index (χ1n) is 8.57. The van der Waals surface area contributed by atoms with Gasteiger partial charge in [0.2, 0.25) is 0 Å². The largest absolute Gasteiger partial charge is 0.452 e. The first kappa shape index (κ1) is 20.1. The maximum absolute atomic E-state index is 13.5. The minimum Gasteiger partial charge on any atom is -0.452 e. The first-order chi connectivity index (χ1) is 13.0. The van der Waals surface area contributed by atoms with Crippen molar-refractivity contribution >= 4 is 23.5 Å². The molecule has 1 N–H and O–H groups in total. The quantitative estimate of drug-likeness (QED) is 0.758. The standard InChI is InChI=1S/C20H21FN2O4/c1-3-23(4-2)19(25)14-9-11-15(12-10-14)22-18(24)13-27-20(26)16-7-5-6-8-17(16)21/h5-12H,3-4,13H2,1-2H3,(H,22,24). The molecule has 27 heavy (non-hydrogen) atoms. The highest BCUT2D eigenvalue weighted by atomic mass is 19.1. The monoisotopic (exact) mass is 372 g/mol. The lowest BCUT2D eigenvalue weighted by Gasteiger charge is -2.18. The highest BCUT2D eigenvalue weighted by Crippen LogP contribution is 2.12. The molecule has 2 rings (SSSR count). The molecule has 0 saturated carbocycles. The van der Waals surface area contributed by atoms with Crippen LogP contribution in [-0.4, -0.2) is 42.4 Å². The van der Waals surface area contributed by atoms with Crippen LogP contribution in [-0.2, 0) is 9.53 Å². The van der Waals surface area contributed by atoms with Gasteiger partial charge in [0.15, 0.2) is 6.61 Å². The molecule has 0 unspecified atom stereocenters. The minimum absolute atomic E-state index is 0.0864. The smallest absolute Gasteiger partial charge is 0.341 e. The van der Waals surface area contributed by atoms with Crippen molar-refractivity contribution in [2.75, 3.05) is 25.0 Å². The van der Waals surface area contributed by atoms with Crippen LogP contribution in [0.4, 0.5) is 10.1 Å². The molecule has 0 aromatic heterocycles. The van der Waals surface area contributed by atoms with Gasteiger partial charge >= 0.3 is 5.97 Å². The number of esters is 1. The lowest BCUT2D eigenvalue weighted by molar-refractivity contribution is -0.119. The predicted octanol–water partition coefficient (Wildman–Crippen LogP) is 3.10. The van der Waals surface area contributed by atoms with Crippen molar-refractivity contribution in [1.82, 2.24) is 4.90 Å². The number of carbonyl (C=O) groups is 3. The number of ether oxygens (including phenoxy) is 1. The summed E-state index contributed by atoms with van der Waals surface area (Å²) in [4.78, 5) is 37.6. The predicted molar refractivity (Wildman–Crippen MR) is 99.0 cm³/mol. The summed E-state index contributed by atoms with van der Waals surface area (Å²) in [7, 11) is 0. The Morgan fingerprint density at radius 2 is 1.63 bits per heavy atom. The van der Waals surface area contributed by atoms with Crippen LogP contribution in [0, 0.1) is 5.82 Å². The van der Waals surface area contributed by atoms with Crippen LogP contribution >= 0.6 is 0 Å². The summed E-state index contributed by atoms with van der Waals surface area (Å²) in [6.45, 7) is 4.48. The Balaban J connectivity index is 1.90. The fourth-order valence-corrected chi connectivity index (χ4v) is 2.42. The topological polar surface area (TPSA) is 75.7 Å². The Hall–Kier alpha value is -3.22. The Labute approximate surface area is 156 Å². The normalized spacial score (nSPS) is 10.2. The Kier molecular flexibility index (Phi) is 7.05. The van der Waals surface area contributed by atoms with Crippen LogP contribution in [0.1, 0.15) is 34.6 Å². The number of amides is 2. The Morgan fingerprint density at radius 3 is 2.22 bits per heavy atom. The van der Waals surface area contributed by atoms with Crippen LogP contribution < -0.4 is 5.32 Å². The molecule has 0 saturated heterocycles. The van der Waals surface area contributed by atoms with Crippen LogP contribution in [0.5, 0.6) is 0 Å². The number of nitrogens with one attached hydrogen (secondary N) is 1. The molecule has 0 aliphatic rings. The van der Waals surface area contributed by atoms with Crippen LogP contribution in [0.15, 0.2) is 48.5 Å². The van der Waals surface area contributed by atoms with Gasteiger partial charge in [-0.25, -0.2) is 9.18 Å². The van der Waals surface area contributed by atoms with Crippen LogP contribution in [0.3, 0.4) is 0 Å². The van der Waals surface area contributed by atoms with Gasteiger partial charge < -0.3 is 15.0 Å². The molecule has 0 heterocycles. The summed E-state index contributed by atoms with van der Waals surface area (Å²) < 4.78 is 18.3. The van der Waals surface area contributed by atoms with Gasteiger partial charge in [-0.15, -0.1) is 0 Å². The molecule has 7 heteroatoms. The van der Waals surface area contributed by atoms with Crippen molar-refractivity contribution in [3.63, 3.8) is 0 Å². The number of hydrogen-bond donors (Lipinski definition) is 1. The van der Waals surface area contributed by atoms with Crippen molar-refractivity contribution in [2.24, 2.45) is 0 Å². The zero-order valence-corrected chi connectivity index (χ0v) is 15.2. The summed E-state index contributed by atoms with van der Waals surface area (Å²) in [5, 5.41) is 2.55. The van der Waals surface area contributed by atoms with E-state index < -0.39 is 24.3 Å². The van der Waals surface area contributed by atoms with Crippen molar-refractivity contribution < 1.29 is 23.5 Å². The molecule has 2 aromatic carbocycles. The lowest BCUT2D eigenvalue weighted by atomic mass is 10.2. The molecule has 0 atom stereocenters. The first-order valence-corrected chi connectivity index (χ1v) is 8.57. The molecule has 6 nitrogen and oxygen atoms in total. The van der Waals surface area contributed by atoms with E-state index in [1.807, 2.05) is 13.8 Å². The van der Waals surface area contributed by atoms with Gasteiger partial charge in [-0.05, 0) is 50.2 Å². The van der Waals surface area contributed by atoms with E-state index in [1.54, 1.807) is 29.2 Å². The average molecular weight is 372 g/mol. The summed E-state index contributed by atoms with van der Waals surface area (Å²) in [6, 6.07) is 11.8. The maximum atomic E-state index is 13.5. The minimum atomic E-state index is -0.914. The van der Waals surface area contributed by atoms with Gasteiger partial charge in [0.05, 0.1) is 5.56 Å². The summed E-state index contributed by atoms with van der Waals surface area (Å²) in [5.41, 5.74) is 0.741.